The predicted octanol–water partition coefficient (Wildman–Crippen LogP) is 3.29. The van der Waals surface area contributed by atoms with Crippen molar-refractivity contribution in [2.75, 3.05) is 19.0 Å². The van der Waals surface area contributed by atoms with Crippen LogP contribution in [0.1, 0.15) is 25.7 Å². The van der Waals surface area contributed by atoms with E-state index in [0.29, 0.717) is 17.3 Å². The molecule has 0 radical (unpaired) electrons. The normalized spacial score (nSPS) is 18.2. The van der Waals surface area contributed by atoms with Crippen molar-refractivity contribution in [3.63, 3.8) is 0 Å². The number of carbonyl (C=O) groups is 2. The van der Waals surface area contributed by atoms with E-state index in [9.17, 15) is 9.59 Å². The van der Waals surface area contributed by atoms with Crippen molar-refractivity contribution in [2.45, 2.75) is 31.7 Å². The second-order valence-electron chi connectivity index (χ2n) is 5.06. The Morgan fingerprint density at radius 3 is 2.95 bits per heavy atom. The smallest absolute Gasteiger partial charge is 0.322 e. The van der Waals surface area contributed by atoms with E-state index in [-0.39, 0.29) is 24.5 Å². The summed E-state index contributed by atoms with van der Waals surface area (Å²) in [4.78, 5) is 25.5. The van der Waals surface area contributed by atoms with Crippen molar-refractivity contribution in [1.29, 1.82) is 0 Å². The van der Waals surface area contributed by atoms with Crippen molar-refractivity contribution < 1.29 is 14.3 Å². The van der Waals surface area contributed by atoms with Gasteiger partial charge >= 0.3 is 12.0 Å². The van der Waals surface area contributed by atoms with E-state index < -0.39 is 0 Å². The molecule has 1 N–H and O–H groups in total. The number of urea groups is 1. The first-order valence-corrected chi connectivity index (χ1v) is 7.38. The predicted molar refractivity (Wildman–Crippen MR) is 81.4 cm³/mol. The molecule has 0 spiro atoms. The van der Waals surface area contributed by atoms with Crippen LogP contribution in [-0.4, -0.2) is 36.6 Å². The first kappa shape index (κ1) is 15.6. The van der Waals surface area contributed by atoms with Crippen LogP contribution in [0.2, 0.25) is 5.02 Å². The van der Waals surface area contributed by atoms with Gasteiger partial charge in [0.2, 0.25) is 0 Å². The second kappa shape index (κ2) is 7.31. The van der Waals surface area contributed by atoms with E-state index >= 15 is 0 Å². The van der Waals surface area contributed by atoms with Crippen LogP contribution in [-0.2, 0) is 9.53 Å². The lowest BCUT2D eigenvalue weighted by atomic mass is 10.00. The topological polar surface area (TPSA) is 58.6 Å². The summed E-state index contributed by atoms with van der Waals surface area (Å²) in [6.07, 6.45) is 3.01. The minimum Gasteiger partial charge on any atom is -0.469 e. The number of rotatable bonds is 3. The molecule has 1 aliphatic heterocycles. The zero-order valence-electron chi connectivity index (χ0n) is 12.0. The SMILES string of the molecule is COC(=O)CC1CCCCN1C(=O)Nc1cccc(Cl)c1. The molecule has 0 aromatic heterocycles. The van der Waals surface area contributed by atoms with E-state index in [2.05, 4.69) is 5.32 Å². The maximum absolute atomic E-state index is 12.4. The summed E-state index contributed by atoms with van der Waals surface area (Å²) >= 11 is 5.90. The number of piperidine rings is 1. The first-order valence-electron chi connectivity index (χ1n) is 7.00. The Labute approximate surface area is 129 Å². The number of benzene rings is 1. The Morgan fingerprint density at radius 2 is 2.24 bits per heavy atom. The van der Waals surface area contributed by atoms with Crippen molar-refractivity contribution in [2.24, 2.45) is 0 Å². The number of carbonyl (C=O) groups excluding carboxylic acids is 2. The second-order valence-corrected chi connectivity index (χ2v) is 5.50. The molecule has 1 heterocycles. The monoisotopic (exact) mass is 310 g/mol. The van der Waals surface area contributed by atoms with Crippen molar-refractivity contribution in [1.82, 2.24) is 4.90 Å². The molecule has 1 atom stereocenters. The molecule has 5 nitrogen and oxygen atoms in total. The van der Waals surface area contributed by atoms with E-state index in [1.165, 1.54) is 7.11 Å². The Hall–Kier alpha value is -1.75. The van der Waals surface area contributed by atoms with Crippen LogP contribution >= 0.6 is 11.6 Å². The standard InChI is InChI=1S/C15H19ClN2O3/c1-21-14(19)10-13-7-2-3-8-18(13)15(20)17-12-6-4-5-11(16)9-12/h4-6,9,13H,2-3,7-8,10H2,1H3,(H,17,20). The number of esters is 1. The van der Waals surface area contributed by atoms with Gasteiger partial charge in [-0.1, -0.05) is 17.7 Å². The van der Waals surface area contributed by atoms with E-state index in [4.69, 9.17) is 16.3 Å². The number of hydrogen-bond acceptors (Lipinski definition) is 3. The molecule has 2 rings (SSSR count). The first-order chi connectivity index (χ1) is 10.1. The molecule has 2 amide bonds. The van der Waals surface area contributed by atoms with Gasteiger partial charge in [0.05, 0.1) is 13.5 Å². The third-order valence-corrected chi connectivity index (χ3v) is 3.83. The van der Waals surface area contributed by atoms with Crippen molar-refractivity contribution in [3.05, 3.63) is 29.3 Å². The van der Waals surface area contributed by atoms with Gasteiger partial charge in [-0.25, -0.2) is 4.79 Å². The minimum atomic E-state index is -0.289. The van der Waals surface area contributed by atoms with Crippen LogP contribution in [0.5, 0.6) is 0 Å². The summed E-state index contributed by atoms with van der Waals surface area (Å²) in [5.41, 5.74) is 0.648. The van der Waals surface area contributed by atoms with Crippen LogP contribution in [0.4, 0.5) is 10.5 Å². The summed E-state index contributed by atoms with van der Waals surface area (Å²) in [6, 6.07) is 6.69. The van der Waals surface area contributed by atoms with Gasteiger partial charge in [0.15, 0.2) is 0 Å². The molecule has 0 aliphatic carbocycles. The summed E-state index contributed by atoms with van der Waals surface area (Å²) in [7, 11) is 1.36. The van der Waals surface area contributed by atoms with Crippen LogP contribution in [0, 0.1) is 0 Å². The van der Waals surface area contributed by atoms with Gasteiger partial charge in [-0.2, -0.15) is 0 Å². The molecular weight excluding hydrogens is 292 g/mol. The lowest BCUT2D eigenvalue weighted by molar-refractivity contribution is -0.142. The summed E-state index contributed by atoms with van der Waals surface area (Å²) in [5, 5.41) is 3.39. The highest BCUT2D eigenvalue weighted by atomic mass is 35.5. The fraction of sp³-hybridized carbons (Fsp3) is 0.467. The van der Waals surface area contributed by atoms with Crippen molar-refractivity contribution in [3.8, 4) is 0 Å². The molecule has 21 heavy (non-hydrogen) atoms. The van der Waals surface area contributed by atoms with Crippen LogP contribution in [0.25, 0.3) is 0 Å². The highest BCUT2D eigenvalue weighted by Gasteiger charge is 2.28. The Balaban J connectivity index is 2.02. The third-order valence-electron chi connectivity index (χ3n) is 3.59. The number of anilines is 1. The Morgan fingerprint density at radius 1 is 1.43 bits per heavy atom. The van der Waals surface area contributed by atoms with Gasteiger partial charge in [0, 0.05) is 23.3 Å². The molecular formula is C15H19ClN2O3. The number of halogens is 1. The summed E-state index contributed by atoms with van der Waals surface area (Å²) < 4.78 is 4.70. The van der Waals surface area contributed by atoms with Crippen LogP contribution < -0.4 is 5.32 Å². The number of amides is 2. The Kier molecular flexibility index (Phi) is 5.44. The minimum absolute atomic E-state index is 0.106. The number of hydrogen-bond donors (Lipinski definition) is 1. The Bertz CT molecular complexity index is 521. The van der Waals surface area contributed by atoms with E-state index in [1.54, 1.807) is 29.2 Å². The molecule has 1 unspecified atom stereocenters. The van der Waals surface area contributed by atoms with Crippen LogP contribution in [0.3, 0.4) is 0 Å². The number of likely N-dealkylation sites (tertiary alicyclic amines) is 1. The maximum Gasteiger partial charge on any atom is 0.322 e. The van der Waals surface area contributed by atoms with Gasteiger partial charge in [-0.3, -0.25) is 4.79 Å². The molecule has 1 aromatic rings. The van der Waals surface area contributed by atoms with E-state index in [1.807, 2.05) is 0 Å². The lowest BCUT2D eigenvalue weighted by Crippen LogP contribution is -2.46. The number of ether oxygens (including phenoxy) is 1. The largest absolute Gasteiger partial charge is 0.469 e. The molecule has 1 aromatic carbocycles. The fourth-order valence-corrected chi connectivity index (χ4v) is 2.71. The molecule has 1 saturated heterocycles. The third kappa shape index (κ3) is 4.36. The molecule has 1 aliphatic rings. The van der Waals surface area contributed by atoms with Gasteiger partial charge in [0.1, 0.15) is 0 Å². The van der Waals surface area contributed by atoms with Gasteiger partial charge < -0.3 is 15.0 Å². The fourth-order valence-electron chi connectivity index (χ4n) is 2.52. The number of methoxy groups -OCH3 is 1. The quantitative estimate of drug-likeness (QED) is 0.872. The van der Waals surface area contributed by atoms with Gasteiger partial charge in [0.25, 0.3) is 0 Å². The maximum atomic E-state index is 12.4. The summed E-state index contributed by atoms with van der Waals surface area (Å²) in [5.74, 6) is -0.289. The molecule has 114 valence electrons. The zero-order valence-corrected chi connectivity index (χ0v) is 12.7. The highest BCUT2D eigenvalue weighted by molar-refractivity contribution is 6.30. The van der Waals surface area contributed by atoms with Crippen LogP contribution in [0.15, 0.2) is 24.3 Å². The lowest BCUT2D eigenvalue weighted by Gasteiger charge is -2.35. The number of nitrogens with one attached hydrogen (secondary N) is 1. The average Bonchev–Trinajstić information content (AvgIpc) is 2.47. The molecule has 0 bridgehead atoms. The van der Waals surface area contributed by atoms with Crippen molar-refractivity contribution >= 4 is 29.3 Å². The summed E-state index contributed by atoms with van der Waals surface area (Å²) in [6.45, 7) is 0.647. The number of nitrogens with zero attached hydrogens (tertiary/aromatic N) is 1. The molecule has 6 heteroatoms. The highest BCUT2D eigenvalue weighted by Crippen LogP contribution is 2.22. The zero-order chi connectivity index (χ0) is 15.2. The van der Waals surface area contributed by atoms with Gasteiger partial charge in [-0.05, 0) is 37.5 Å². The molecule has 1 fully saturated rings. The molecule has 0 saturated carbocycles. The van der Waals surface area contributed by atoms with Gasteiger partial charge in [-0.15, -0.1) is 0 Å². The van der Waals surface area contributed by atoms with E-state index in [0.717, 1.165) is 19.3 Å². The average molecular weight is 311 g/mol.